The van der Waals surface area contributed by atoms with E-state index in [9.17, 15) is 29.4 Å². The third kappa shape index (κ3) is 6.62. The minimum atomic E-state index is -1.40. The summed E-state index contributed by atoms with van der Waals surface area (Å²) in [4.78, 5) is 62.2. The molecule has 4 rings (SSSR count). The molecule has 4 N–H and O–H groups in total. The van der Waals surface area contributed by atoms with Crippen LogP contribution in [0.15, 0.2) is 33.2 Å². The number of ether oxygens (including phenoxy) is 1. The van der Waals surface area contributed by atoms with Gasteiger partial charge in [0.2, 0.25) is 17.0 Å². The van der Waals surface area contributed by atoms with E-state index in [0.717, 1.165) is 16.8 Å². The molecule has 42 heavy (non-hydrogen) atoms. The summed E-state index contributed by atoms with van der Waals surface area (Å²) in [7, 11) is 1.33. The first kappa shape index (κ1) is 31.1. The van der Waals surface area contributed by atoms with Crippen LogP contribution in [0.25, 0.3) is 0 Å². The molecule has 3 aliphatic rings. The summed E-state index contributed by atoms with van der Waals surface area (Å²) in [5.74, 6) is -3.03. The number of aromatic amines is 1. The van der Waals surface area contributed by atoms with E-state index in [2.05, 4.69) is 31.1 Å². The van der Waals surface area contributed by atoms with Gasteiger partial charge in [0.15, 0.2) is 0 Å². The number of rotatable bonds is 11. The lowest BCUT2D eigenvalue weighted by Gasteiger charge is -2.52. The van der Waals surface area contributed by atoms with Crippen LogP contribution in [-0.4, -0.2) is 112 Å². The number of carbonyl (C=O) groups excluding carboxylic acids is 2. The van der Waals surface area contributed by atoms with Crippen LogP contribution < -0.4 is 5.32 Å². The second-order valence-corrected chi connectivity index (χ2v) is 12.5. The Morgan fingerprint density at radius 3 is 2.69 bits per heavy atom. The largest absolute Gasteiger partial charge is 0.477 e. The van der Waals surface area contributed by atoms with Gasteiger partial charge in [-0.25, -0.2) is 9.59 Å². The van der Waals surface area contributed by atoms with Crippen molar-refractivity contribution in [1.82, 2.24) is 35.9 Å². The van der Waals surface area contributed by atoms with Crippen molar-refractivity contribution in [3.8, 4) is 0 Å². The molecule has 0 aliphatic carbocycles. The van der Waals surface area contributed by atoms with E-state index in [-0.39, 0.29) is 41.9 Å². The van der Waals surface area contributed by atoms with Gasteiger partial charge < -0.3 is 25.1 Å². The summed E-state index contributed by atoms with van der Waals surface area (Å²) >= 11 is 2.18. The highest BCUT2D eigenvalue weighted by atomic mass is 32.2. The van der Waals surface area contributed by atoms with Crippen LogP contribution in [0.5, 0.6) is 0 Å². The molecule has 3 aliphatic heterocycles. The lowest BCUT2D eigenvalue weighted by Crippen LogP contribution is -2.65. The maximum absolute atomic E-state index is 13.6. The molecule has 0 radical (unpaired) electrons. The third-order valence-corrected chi connectivity index (χ3v) is 8.61. The van der Waals surface area contributed by atoms with E-state index in [1.165, 1.54) is 30.7 Å². The molecule has 0 aromatic carbocycles. The van der Waals surface area contributed by atoms with Crippen LogP contribution in [0.3, 0.4) is 0 Å². The monoisotopic (exact) mass is 626 g/mol. The summed E-state index contributed by atoms with van der Waals surface area (Å²) < 4.78 is 5.45. The molecule has 3 amide bonds. The molecule has 17 nitrogen and oxygen atoms in total. The van der Waals surface area contributed by atoms with Crippen LogP contribution in [0.1, 0.15) is 34.1 Å². The maximum Gasteiger partial charge on any atom is 0.431 e. The Kier molecular flexibility index (Phi) is 9.31. The normalized spacial score (nSPS) is 23.5. The molecule has 1 saturated heterocycles. The number of fused-ring (bicyclic) bond motifs is 1. The van der Waals surface area contributed by atoms with Crippen molar-refractivity contribution in [3.05, 3.63) is 22.9 Å². The number of amides is 3. The van der Waals surface area contributed by atoms with Crippen molar-refractivity contribution in [2.45, 2.75) is 60.9 Å². The van der Waals surface area contributed by atoms with E-state index >= 15 is 0 Å². The average molecular weight is 627 g/mol. The molecule has 0 saturated carbocycles. The number of tetrazole rings is 1. The second-order valence-electron chi connectivity index (χ2n) is 10.1. The van der Waals surface area contributed by atoms with Crippen LogP contribution in [-0.2, 0) is 28.8 Å². The number of H-pyrrole nitrogens is 1. The Morgan fingerprint density at radius 2 is 2.12 bits per heavy atom. The van der Waals surface area contributed by atoms with E-state index in [1.54, 1.807) is 26.8 Å². The fourth-order valence-electron chi connectivity index (χ4n) is 4.60. The molecule has 19 heteroatoms. The summed E-state index contributed by atoms with van der Waals surface area (Å²) in [6, 6.07) is 0. The number of oxime groups is 1. The zero-order valence-corrected chi connectivity index (χ0v) is 24.9. The fraction of sp³-hybridized carbons (Fsp3) is 0.565. The predicted molar refractivity (Wildman–Crippen MR) is 146 cm³/mol. The summed E-state index contributed by atoms with van der Waals surface area (Å²) in [6.45, 7) is 6.32. The molecule has 228 valence electrons. The number of thioether (sulfide) groups is 2. The van der Waals surface area contributed by atoms with Gasteiger partial charge in [-0.1, -0.05) is 11.8 Å². The number of carboxylic acids is 1. The maximum atomic E-state index is 13.6. The molecular formula is C23H30N8O9S2. The van der Waals surface area contributed by atoms with Gasteiger partial charge in [0, 0.05) is 23.3 Å². The Balaban J connectivity index is 1.76. The highest BCUT2D eigenvalue weighted by molar-refractivity contribution is 8.01. The molecule has 1 aromatic heterocycles. The van der Waals surface area contributed by atoms with Gasteiger partial charge in [0.05, 0.1) is 18.1 Å². The quantitative estimate of drug-likeness (QED) is 0.153. The predicted octanol–water partition coefficient (Wildman–Crippen LogP) is 1.01. The molecule has 3 unspecified atom stereocenters. The highest BCUT2D eigenvalue weighted by Crippen LogP contribution is 2.52. The third-order valence-electron chi connectivity index (χ3n) is 6.04. The lowest BCUT2D eigenvalue weighted by molar-refractivity contribution is -0.202. The number of nitrogens with one attached hydrogen (secondary N) is 2. The first-order chi connectivity index (χ1) is 19.8. The van der Waals surface area contributed by atoms with Crippen molar-refractivity contribution < 1.29 is 43.8 Å². The lowest BCUT2D eigenvalue weighted by atomic mass is 9.87. The standard InChI is InChI=1S/C23H30N8O9S2/c1-10(32)24-17-14(12(41-21-25-28-29-26-21)6-8-30(22(36)37)40-23(2,3)4)15(20(34)35)31-18(33)13(19(31)42-17)11-7-9-39-16(11)27-38-5/h7,12-13,17,19H,6,8-9H2,1-5H3,(H,24,32)(H,34,35)(H,36,37)(H,25,26,28,29)/t12?,13?,17?,19-/m0/s1. The molecule has 4 atom stereocenters. The van der Waals surface area contributed by atoms with Crippen molar-refractivity contribution >= 4 is 53.3 Å². The number of hydroxylamine groups is 2. The zero-order chi connectivity index (χ0) is 30.8. The average Bonchev–Trinajstić information content (AvgIpc) is 3.56. The molecular weight excluding hydrogens is 596 g/mol. The van der Waals surface area contributed by atoms with E-state index in [0.29, 0.717) is 5.57 Å². The van der Waals surface area contributed by atoms with Gasteiger partial charge in [-0.05, 0) is 43.6 Å². The number of aromatic nitrogens is 4. The minimum absolute atomic E-state index is 0.00408. The summed E-state index contributed by atoms with van der Waals surface area (Å²) in [5, 5.41) is 39.0. The van der Waals surface area contributed by atoms with Crippen LogP contribution in [0.2, 0.25) is 0 Å². The van der Waals surface area contributed by atoms with Crippen LogP contribution >= 0.6 is 23.5 Å². The number of β-lactam (4-membered cyclic amide) rings is 1. The number of hydrogen-bond donors (Lipinski definition) is 4. The second kappa shape index (κ2) is 12.6. The summed E-state index contributed by atoms with van der Waals surface area (Å²) in [5.41, 5.74) is -0.540. The molecule has 1 aromatic rings. The smallest absolute Gasteiger partial charge is 0.431 e. The fourth-order valence-corrected chi connectivity index (χ4v) is 7.41. The van der Waals surface area contributed by atoms with Gasteiger partial charge in [0.1, 0.15) is 30.2 Å². The van der Waals surface area contributed by atoms with Gasteiger partial charge in [-0.3, -0.25) is 19.3 Å². The Morgan fingerprint density at radius 1 is 1.38 bits per heavy atom. The molecule has 0 bridgehead atoms. The Hall–Kier alpha value is -3.84. The topological polar surface area (TPSA) is 222 Å². The van der Waals surface area contributed by atoms with E-state index in [4.69, 9.17) is 14.4 Å². The Labute approximate surface area is 248 Å². The van der Waals surface area contributed by atoms with Crippen LogP contribution in [0.4, 0.5) is 4.79 Å². The molecule has 1 fully saturated rings. The SMILES string of the molecule is CON=C1OCC=C1C1C(=O)N2C(C(=O)O)=C(C(CCN(OC(C)(C)C)C(=O)O)Sc3nn[nH]n3)C(NC(C)=O)S[C@@H]12. The van der Waals surface area contributed by atoms with Gasteiger partial charge in [0.25, 0.3) is 5.90 Å². The number of carboxylic acid groups (broad SMARTS) is 2. The van der Waals surface area contributed by atoms with E-state index in [1.807, 2.05) is 0 Å². The number of hydrogen-bond acceptors (Lipinski definition) is 13. The number of carbonyl (C=O) groups is 4. The Bertz CT molecular complexity index is 1330. The zero-order valence-electron chi connectivity index (χ0n) is 23.3. The highest BCUT2D eigenvalue weighted by Gasteiger charge is 2.59. The minimum Gasteiger partial charge on any atom is -0.477 e. The van der Waals surface area contributed by atoms with Gasteiger partial charge in [-0.15, -0.1) is 22.0 Å². The number of aliphatic carboxylic acids is 1. The van der Waals surface area contributed by atoms with Crippen molar-refractivity contribution in [3.63, 3.8) is 0 Å². The van der Waals surface area contributed by atoms with Gasteiger partial charge >= 0.3 is 12.1 Å². The molecule has 4 heterocycles. The summed E-state index contributed by atoms with van der Waals surface area (Å²) in [6.07, 6.45) is 0.332. The van der Waals surface area contributed by atoms with Crippen LogP contribution in [0, 0.1) is 5.92 Å². The molecule has 0 spiro atoms. The van der Waals surface area contributed by atoms with E-state index < -0.39 is 51.4 Å². The van der Waals surface area contributed by atoms with Crippen molar-refractivity contribution in [2.24, 2.45) is 11.1 Å². The van der Waals surface area contributed by atoms with Crippen molar-refractivity contribution in [2.75, 3.05) is 20.3 Å². The van der Waals surface area contributed by atoms with Crippen molar-refractivity contribution in [1.29, 1.82) is 0 Å². The number of nitrogens with zero attached hydrogens (tertiary/aromatic N) is 6. The first-order valence-electron chi connectivity index (χ1n) is 12.6. The van der Waals surface area contributed by atoms with Gasteiger partial charge in [-0.2, -0.15) is 10.3 Å². The first-order valence-corrected chi connectivity index (χ1v) is 14.4.